The smallest absolute Gasteiger partial charge is 0.306 e. The number of halogens is 1. The van der Waals surface area contributed by atoms with Crippen molar-refractivity contribution < 1.29 is 19.4 Å². The minimum Gasteiger partial charge on any atom is -0.487 e. The number of rotatable bonds is 10. The molecule has 42 heavy (non-hydrogen) atoms. The average Bonchev–Trinajstić information content (AvgIpc) is 3.39. The van der Waals surface area contributed by atoms with Crippen LogP contribution in [0.1, 0.15) is 61.1 Å². The van der Waals surface area contributed by atoms with Gasteiger partial charge >= 0.3 is 5.97 Å². The molecule has 1 fully saturated rings. The van der Waals surface area contributed by atoms with Crippen LogP contribution in [0.25, 0.3) is 5.57 Å². The van der Waals surface area contributed by atoms with Gasteiger partial charge in [-0.05, 0) is 80.3 Å². The van der Waals surface area contributed by atoms with Crippen LogP contribution in [-0.2, 0) is 28.3 Å². The van der Waals surface area contributed by atoms with Crippen LogP contribution in [0.2, 0.25) is 5.02 Å². The SMILES string of the molecule is COC(=O)CCN(Cc1ccc(Cl)cc1)C1CCN(CCC=C2c3cc(C(C)(C)O)ccc3OCc3ncccc32)C1. The highest BCUT2D eigenvalue weighted by molar-refractivity contribution is 6.30. The van der Waals surface area contributed by atoms with E-state index in [0.717, 1.165) is 77.8 Å². The highest BCUT2D eigenvalue weighted by atomic mass is 35.5. The minimum atomic E-state index is -0.958. The molecule has 2 aliphatic rings. The zero-order chi connectivity index (χ0) is 29.7. The lowest BCUT2D eigenvalue weighted by atomic mass is 9.90. The van der Waals surface area contributed by atoms with Crippen molar-refractivity contribution in [2.45, 2.75) is 57.9 Å². The topological polar surface area (TPSA) is 75.1 Å². The molecule has 5 rings (SSSR count). The molecule has 222 valence electrons. The summed E-state index contributed by atoms with van der Waals surface area (Å²) in [4.78, 5) is 21.5. The molecule has 1 aromatic heterocycles. The van der Waals surface area contributed by atoms with Crippen molar-refractivity contribution in [3.63, 3.8) is 0 Å². The summed E-state index contributed by atoms with van der Waals surface area (Å²) < 4.78 is 11.1. The Balaban J connectivity index is 1.31. The number of methoxy groups -OCH3 is 1. The lowest BCUT2D eigenvalue weighted by Crippen LogP contribution is -2.38. The van der Waals surface area contributed by atoms with Crippen molar-refractivity contribution >= 4 is 23.1 Å². The lowest BCUT2D eigenvalue weighted by molar-refractivity contribution is -0.141. The van der Waals surface area contributed by atoms with Crippen LogP contribution in [0.5, 0.6) is 5.75 Å². The van der Waals surface area contributed by atoms with Gasteiger partial charge in [0.15, 0.2) is 0 Å². The Morgan fingerprint density at radius 1 is 1.21 bits per heavy atom. The van der Waals surface area contributed by atoms with Crippen molar-refractivity contribution in [3.05, 3.63) is 99.8 Å². The number of aliphatic hydroxyl groups is 1. The first-order chi connectivity index (χ1) is 20.2. The molecule has 0 aliphatic carbocycles. The van der Waals surface area contributed by atoms with E-state index in [1.54, 1.807) is 20.0 Å². The van der Waals surface area contributed by atoms with Crippen molar-refractivity contribution in [2.24, 2.45) is 0 Å². The summed E-state index contributed by atoms with van der Waals surface area (Å²) >= 11 is 6.11. The molecule has 2 aromatic carbocycles. The van der Waals surface area contributed by atoms with Gasteiger partial charge < -0.3 is 19.5 Å². The van der Waals surface area contributed by atoms with Crippen LogP contribution in [0.3, 0.4) is 0 Å². The monoisotopic (exact) mass is 589 g/mol. The number of pyridine rings is 1. The Hall–Kier alpha value is -3.23. The largest absolute Gasteiger partial charge is 0.487 e. The minimum absolute atomic E-state index is 0.187. The molecular formula is C34H40ClN3O4. The molecule has 1 atom stereocenters. The summed E-state index contributed by atoms with van der Waals surface area (Å²) in [6.45, 7) is 8.30. The Morgan fingerprint density at radius 2 is 2.02 bits per heavy atom. The second-order valence-electron chi connectivity index (χ2n) is 11.6. The summed E-state index contributed by atoms with van der Waals surface area (Å²) in [5.41, 5.74) is 5.13. The number of esters is 1. The maximum atomic E-state index is 11.9. The van der Waals surface area contributed by atoms with Crippen LogP contribution in [0.4, 0.5) is 0 Å². The van der Waals surface area contributed by atoms with Gasteiger partial charge in [-0.25, -0.2) is 0 Å². The van der Waals surface area contributed by atoms with E-state index in [0.29, 0.717) is 25.6 Å². The van der Waals surface area contributed by atoms with E-state index in [9.17, 15) is 9.90 Å². The summed E-state index contributed by atoms with van der Waals surface area (Å²) in [6, 6.07) is 18.3. The molecule has 3 aromatic rings. The average molecular weight is 590 g/mol. The molecule has 1 saturated heterocycles. The predicted molar refractivity (Wildman–Crippen MR) is 165 cm³/mol. The van der Waals surface area contributed by atoms with Gasteiger partial charge in [-0.1, -0.05) is 41.9 Å². The fourth-order valence-corrected chi connectivity index (χ4v) is 5.94. The number of aromatic nitrogens is 1. The van der Waals surface area contributed by atoms with E-state index in [-0.39, 0.29) is 5.97 Å². The quantitative estimate of drug-likeness (QED) is 0.299. The molecule has 0 saturated carbocycles. The first-order valence-corrected chi connectivity index (χ1v) is 15.0. The Kier molecular flexibility index (Phi) is 9.63. The summed E-state index contributed by atoms with van der Waals surface area (Å²) in [6.07, 6.45) is 6.37. The maximum Gasteiger partial charge on any atom is 0.306 e. The van der Waals surface area contributed by atoms with Gasteiger partial charge in [0, 0.05) is 54.6 Å². The highest BCUT2D eigenvalue weighted by Crippen LogP contribution is 2.38. The number of carbonyl (C=O) groups excluding carboxylic acids is 1. The number of hydrogen-bond acceptors (Lipinski definition) is 7. The fourth-order valence-electron chi connectivity index (χ4n) is 5.81. The number of benzene rings is 2. The van der Waals surface area contributed by atoms with Gasteiger partial charge in [-0.2, -0.15) is 0 Å². The van der Waals surface area contributed by atoms with Crippen LogP contribution in [0, 0.1) is 0 Å². The normalized spacial score (nSPS) is 18.0. The third-order valence-electron chi connectivity index (χ3n) is 8.21. The van der Waals surface area contributed by atoms with Crippen LogP contribution < -0.4 is 4.74 Å². The lowest BCUT2D eigenvalue weighted by Gasteiger charge is -2.29. The Bertz CT molecular complexity index is 1420. The van der Waals surface area contributed by atoms with Crippen molar-refractivity contribution in [3.8, 4) is 5.75 Å². The van der Waals surface area contributed by atoms with Crippen molar-refractivity contribution in [1.82, 2.24) is 14.8 Å². The Labute approximate surface area is 253 Å². The highest BCUT2D eigenvalue weighted by Gasteiger charge is 2.28. The van der Waals surface area contributed by atoms with E-state index in [4.69, 9.17) is 21.1 Å². The molecule has 8 heteroatoms. The summed E-state index contributed by atoms with van der Waals surface area (Å²) in [5.74, 6) is 0.615. The van der Waals surface area contributed by atoms with Crippen LogP contribution >= 0.6 is 11.6 Å². The summed E-state index contributed by atoms with van der Waals surface area (Å²) in [5, 5.41) is 11.4. The Morgan fingerprint density at radius 3 is 2.79 bits per heavy atom. The third-order valence-corrected chi connectivity index (χ3v) is 8.46. The van der Waals surface area contributed by atoms with E-state index in [1.165, 1.54) is 12.7 Å². The second-order valence-corrected chi connectivity index (χ2v) is 12.1. The molecule has 2 aliphatic heterocycles. The number of carbonyl (C=O) groups is 1. The first kappa shape index (κ1) is 30.2. The molecule has 0 amide bonds. The molecule has 0 spiro atoms. The summed E-state index contributed by atoms with van der Waals surface area (Å²) in [7, 11) is 1.44. The molecule has 0 radical (unpaired) electrons. The van der Waals surface area contributed by atoms with Crippen LogP contribution in [0.15, 0.2) is 66.9 Å². The number of likely N-dealkylation sites (tertiary alicyclic amines) is 1. The fraction of sp³-hybridized carbons (Fsp3) is 0.412. The van der Waals surface area contributed by atoms with E-state index in [1.807, 2.05) is 36.4 Å². The third kappa shape index (κ3) is 7.39. The predicted octanol–water partition coefficient (Wildman–Crippen LogP) is 5.82. The van der Waals surface area contributed by atoms with E-state index in [2.05, 4.69) is 39.1 Å². The van der Waals surface area contributed by atoms with E-state index < -0.39 is 5.60 Å². The maximum absolute atomic E-state index is 11.9. The van der Waals surface area contributed by atoms with Gasteiger partial charge in [-0.15, -0.1) is 0 Å². The van der Waals surface area contributed by atoms with Crippen molar-refractivity contribution in [1.29, 1.82) is 0 Å². The van der Waals surface area contributed by atoms with Gasteiger partial charge in [0.05, 0.1) is 24.8 Å². The van der Waals surface area contributed by atoms with Gasteiger partial charge in [0.1, 0.15) is 12.4 Å². The van der Waals surface area contributed by atoms with Gasteiger partial charge in [0.2, 0.25) is 0 Å². The van der Waals surface area contributed by atoms with E-state index >= 15 is 0 Å². The molecule has 3 heterocycles. The molecule has 1 unspecified atom stereocenters. The first-order valence-electron chi connectivity index (χ1n) is 14.6. The van der Waals surface area contributed by atoms with Gasteiger partial charge in [0.25, 0.3) is 0 Å². The zero-order valence-electron chi connectivity index (χ0n) is 24.7. The molecular weight excluding hydrogens is 550 g/mol. The number of hydrogen-bond donors (Lipinski definition) is 1. The number of fused-ring (bicyclic) bond motifs is 2. The molecule has 1 N–H and O–H groups in total. The molecule has 7 nitrogen and oxygen atoms in total. The zero-order valence-corrected chi connectivity index (χ0v) is 25.4. The van der Waals surface area contributed by atoms with Crippen molar-refractivity contribution in [2.75, 3.05) is 33.3 Å². The van der Waals surface area contributed by atoms with Crippen LogP contribution in [-0.4, -0.2) is 65.2 Å². The standard InChI is InChI=1S/C34H40ClN3O4/c1-34(2,40)25-10-13-32-30(20-25)28(29-6-4-16-36-31(29)23-42-32)7-5-17-37-18-14-27(22-37)38(19-15-33(39)41-3)21-24-8-11-26(35)12-9-24/h4,6-13,16,20,27,40H,5,14-15,17-19,21-23H2,1-3H3. The second kappa shape index (κ2) is 13.4. The molecule has 0 bridgehead atoms. The number of ether oxygens (including phenoxy) is 2. The van der Waals surface area contributed by atoms with Gasteiger partial charge in [-0.3, -0.25) is 14.7 Å². The number of nitrogens with zero attached hydrogens (tertiary/aromatic N) is 3.